The summed E-state index contributed by atoms with van der Waals surface area (Å²) in [5.41, 5.74) is 3.53. The Balaban J connectivity index is 2.13. The minimum absolute atomic E-state index is 0.0312. The van der Waals surface area contributed by atoms with Gasteiger partial charge in [-0.2, -0.15) is 4.57 Å². The van der Waals surface area contributed by atoms with E-state index in [4.69, 9.17) is 47.0 Å². The van der Waals surface area contributed by atoms with Crippen LogP contribution in [-0.4, -0.2) is 10.1 Å². The summed E-state index contributed by atoms with van der Waals surface area (Å²) in [5, 5.41) is 15.7. The quantitative estimate of drug-likeness (QED) is 0.191. The first-order valence-electron chi connectivity index (χ1n) is 8.71. The average molecular weight is 465 g/mol. The molecule has 0 bridgehead atoms. The number of thiocarbonyl (C=S) groups is 1. The van der Waals surface area contributed by atoms with Gasteiger partial charge in [-0.05, 0) is 55.8 Å². The molecule has 0 unspecified atom stereocenters. The molecule has 0 radical (unpaired) electrons. The minimum atomic E-state index is -0.0312. The van der Waals surface area contributed by atoms with E-state index >= 15 is 0 Å². The van der Waals surface area contributed by atoms with Crippen LogP contribution in [0.25, 0.3) is 11.5 Å². The molecule has 0 fully saturated rings. The van der Waals surface area contributed by atoms with Gasteiger partial charge in [0.15, 0.2) is 23.1 Å². The second-order valence-corrected chi connectivity index (χ2v) is 8.11. The van der Waals surface area contributed by atoms with Crippen LogP contribution in [0.2, 0.25) is 15.1 Å². The lowest BCUT2D eigenvalue weighted by Gasteiger charge is -2.13. The number of nitrogens with one attached hydrogen (secondary N) is 1. The standard InChI is InChI=1S/C22H17Cl3N2OS/c1-13-5-4-10-27(12-13)20(21(28)15-8-9-17(24)18(25)11-15)22(29)26-19-7-3-6-16(23)14(19)2/h3-12H,1-2H3,(H-,26,28,29)/p+1. The lowest BCUT2D eigenvalue weighted by molar-refractivity contribution is -0.576. The van der Waals surface area contributed by atoms with Crippen molar-refractivity contribution in [2.24, 2.45) is 0 Å². The molecule has 148 valence electrons. The van der Waals surface area contributed by atoms with E-state index in [1.165, 1.54) is 0 Å². The molecule has 3 aromatic rings. The van der Waals surface area contributed by atoms with E-state index in [1.54, 1.807) is 22.8 Å². The molecular weight excluding hydrogens is 447 g/mol. The number of nitrogens with zero attached hydrogens (tertiary/aromatic N) is 1. The molecule has 0 aliphatic heterocycles. The molecule has 0 saturated carbocycles. The molecule has 2 aromatic carbocycles. The van der Waals surface area contributed by atoms with Crippen molar-refractivity contribution in [3.63, 3.8) is 0 Å². The van der Waals surface area contributed by atoms with E-state index in [-0.39, 0.29) is 5.76 Å². The Bertz CT molecular complexity index is 1130. The number of pyridine rings is 1. The van der Waals surface area contributed by atoms with E-state index in [0.29, 0.717) is 31.3 Å². The van der Waals surface area contributed by atoms with Crippen LogP contribution < -0.4 is 9.88 Å². The zero-order valence-electron chi connectivity index (χ0n) is 15.7. The van der Waals surface area contributed by atoms with Gasteiger partial charge in [0.05, 0.1) is 10.0 Å². The van der Waals surface area contributed by atoms with E-state index in [9.17, 15) is 5.11 Å². The van der Waals surface area contributed by atoms with Gasteiger partial charge in [0.25, 0.3) is 5.70 Å². The van der Waals surface area contributed by atoms with Crippen LogP contribution >= 0.6 is 47.0 Å². The van der Waals surface area contributed by atoms with Crippen molar-refractivity contribution < 1.29 is 9.67 Å². The predicted octanol–water partition coefficient (Wildman–Crippen LogP) is 6.87. The van der Waals surface area contributed by atoms with Crippen molar-refractivity contribution >= 4 is 69.2 Å². The molecular formula is C22H18Cl3N2OS+. The lowest BCUT2D eigenvalue weighted by atomic mass is 10.1. The van der Waals surface area contributed by atoms with Gasteiger partial charge in [0.2, 0.25) is 0 Å². The maximum Gasteiger partial charge on any atom is 0.288 e. The van der Waals surface area contributed by atoms with Gasteiger partial charge in [-0.25, -0.2) is 0 Å². The van der Waals surface area contributed by atoms with Crippen LogP contribution in [0.4, 0.5) is 5.69 Å². The number of hydrogen-bond donors (Lipinski definition) is 2. The van der Waals surface area contributed by atoms with Gasteiger partial charge in [-0.15, -0.1) is 0 Å². The summed E-state index contributed by atoms with van der Waals surface area (Å²) in [5.74, 6) is -0.0312. The Morgan fingerprint density at radius 3 is 2.41 bits per heavy atom. The molecule has 1 aromatic heterocycles. The molecule has 2 N–H and O–H groups in total. The van der Waals surface area contributed by atoms with Crippen LogP contribution in [0, 0.1) is 13.8 Å². The topological polar surface area (TPSA) is 36.1 Å². The van der Waals surface area contributed by atoms with Crippen molar-refractivity contribution in [2.45, 2.75) is 13.8 Å². The lowest BCUT2D eigenvalue weighted by Crippen LogP contribution is -2.38. The Morgan fingerprint density at radius 1 is 0.966 bits per heavy atom. The number of aryl methyl sites for hydroxylation is 1. The fraction of sp³-hybridized carbons (Fsp3) is 0.0909. The Labute approximate surface area is 190 Å². The molecule has 3 rings (SSSR count). The SMILES string of the molecule is Cc1ccc[n+](/C(C(=S)Nc2cccc(Cl)c2C)=C(/O)c2ccc(Cl)c(Cl)c2)c1. The Kier molecular flexibility index (Phi) is 6.81. The summed E-state index contributed by atoms with van der Waals surface area (Å²) in [6, 6.07) is 14.3. The summed E-state index contributed by atoms with van der Waals surface area (Å²) in [4.78, 5) is 0.328. The number of benzene rings is 2. The number of aliphatic hydroxyl groups excluding tert-OH is 1. The average Bonchev–Trinajstić information content (AvgIpc) is 2.68. The highest BCUT2D eigenvalue weighted by atomic mass is 35.5. The minimum Gasteiger partial charge on any atom is -0.502 e. The van der Waals surface area contributed by atoms with Crippen molar-refractivity contribution in [3.05, 3.63) is 92.7 Å². The first-order valence-corrected chi connectivity index (χ1v) is 10.3. The van der Waals surface area contributed by atoms with E-state index in [1.807, 2.05) is 56.6 Å². The molecule has 0 atom stereocenters. The highest BCUT2D eigenvalue weighted by Gasteiger charge is 2.25. The third-order valence-corrected chi connectivity index (χ3v) is 5.80. The van der Waals surface area contributed by atoms with Crippen LogP contribution in [-0.2, 0) is 0 Å². The molecule has 0 saturated heterocycles. The number of aromatic nitrogens is 1. The zero-order chi connectivity index (χ0) is 21.1. The molecule has 29 heavy (non-hydrogen) atoms. The highest BCUT2D eigenvalue weighted by molar-refractivity contribution is 7.81. The van der Waals surface area contributed by atoms with Crippen LogP contribution in [0.1, 0.15) is 16.7 Å². The monoisotopic (exact) mass is 463 g/mol. The van der Waals surface area contributed by atoms with Crippen LogP contribution in [0.5, 0.6) is 0 Å². The summed E-state index contributed by atoms with van der Waals surface area (Å²) >= 11 is 24.1. The van der Waals surface area contributed by atoms with Crippen molar-refractivity contribution in [1.82, 2.24) is 0 Å². The van der Waals surface area contributed by atoms with E-state index < -0.39 is 0 Å². The third kappa shape index (κ3) is 4.90. The smallest absolute Gasteiger partial charge is 0.288 e. The van der Waals surface area contributed by atoms with Crippen molar-refractivity contribution in [1.29, 1.82) is 0 Å². The second kappa shape index (κ2) is 9.14. The molecule has 7 heteroatoms. The summed E-state index contributed by atoms with van der Waals surface area (Å²) in [7, 11) is 0. The summed E-state index contributed by atoms with van der Waals surface area (Å²) in [6.45, 7) is 3.86. The zero-order valence-corrected chi connectivity index (χ0v) is 18.8. The van der Waals surface area contributed by atoms with Gasteiger partial charge >= 0.3 is 0 Å². The fourth-order valence-corrected chi connectivity index (χ4v) is 3.57. The number of aliphatic hydroxyl groups is 1. The number of anilines is 1. The Morgan fingerprint density at radius 2 is 1.72 bits per heavy atom. The number of rotatable bonds is 4. The first-order chi connectivity index (χ1) is 13.8. The molecule has 0 spiro atoms. The second-order valence-electron chi connectivity index (χ2n) is 6.48. The fourth-order valence-electron chi connectivity index (χ4n) is 2.78. The maximum atomic E-state index is 11.1. The van der Waals surface area contributed by atoms with Gasteiger partial charge < -0.3 is 10.4 Å². The number of halogens is 3. The third-order valence-electron chi connectivity index (χ3n) is 4.36. The van der Waals surface area contributed by atoms with Crippen molar-refractivity contribution in [3.8, 4) is 0 Å². The molecule has 0 aliphatic rings. The first kappa shape index (κ1) is 21.6. The van der Waals surface area contributed by atoms with E-state index in [2.05, 4.69) is 5.32 Å². The normalized spacial score (nSPS) is 11.8. The largest absolute Gasteiger partial charge is 0.502 e. The van der Waals surface area contributed by atoms with Gasteiger partial charge in [-0.3, -0.25) is 0 Å². The van der Waals surface area contributed by atoms with Gasteiger partial charge in [-0.1, -0.05) is 53.1 Å². The highest BCUT2D eigenvalue weighted by Crippen LogP contribution is 2.28. The van der Waals surface area contributed by atoms with Crippen LogP contribution in [0.15, 0.2) is 60.9 Å². The summed E-state index contributed by atoms with van der Waals surface area (Å²) < 4.78 is 1.77. The predicted molar refractivity (Wildman–Crippen MR) is 126 cm³/mol. The number of hydrogen-bond acceptors (Lipinski definition) is 2. The molecule has 0 aliphatic carbocycles. The molecule has 1 heterocycles. The molecule has 3 nitrogen and oxygen atoms in total. The summed E-state index contributed by atoms with van der Waals surface area (Å²) in [6.07, 6.45) is 3.69. The Hall–Kier alpha value is -2.11. The molecule has 0 amide bonds. The van der Waals surface area contributed by atoms with E-state index in [0.717, 1.165) is 16.8 Å². The van der Waals surface area contributed by atoms with Gasteiger partial charge in [0, 0.05) is 27.9 Å². The maximum absolute atomic E-state index is 11.1. The van der Waals surface area contributed by atoms with Gasteiger partial charge in [0.1, 0.15) is 0 Å². The van der Waals surface area contributed by atoms with Crippen molar-refractivity contribution in [2.75, 3.05) is 5.32 Å². The van der Waals surface area contributed by atoms with Crippen LogP contribution in [0.3, 0.4) is 0 Å².